The van der Waals surface area contributed by atoms with Crippen LogP contribution < -0.4 is 10.6 Å². The number of nitrogens with one attached hydrogen (secondary N) is 1. The van der Waals surface area contributed by atoms with Gasteiger partial charge in [-0.2, -0.15) is 11.8 Å². The van der Waals surface area contributed by atoms with E-state index in [-0.39, 0.29) is 11.7 Å². The molecule has 1 aromatic carbocycles. The molecule has 0 saturated carbocycles. The highest BCUT2D eigenvalue weighted by Crippen LogP contribution is 2.28. The second-order valence-electron chi connectivity index (χ2n) is 4.42. The molecule has 0 spiro atoms. The Morgan fingerprint density at radius 3 is 3.06 bits per heavy atom. The van der Waals surface area contributed by atoms with Crippen molar-refractivity contribution in [2.24, 2.45) is 5.73 Å². The van der Waals surface area contributed by atoms with Crippen LogP contribution in [0.5, 0.6) is 0 Å². The van der Waals surface area contributed by atoms with Crippen LogP contribution in [-0.4, -0.2) is 29.9 Å². The topological polar surface area (TPSA) is 53.1 Å². The van der Waals surface area contributed by atoms with Crippen LogP contribution in [0.1, 0.15) is 18.9 Å². The zero-order valence-electron chi connectivity index (χ0n) is 10.4. The second-order valence-corrected chi connectivity index (χ2v) is 5.83. The summed E-state index contributed by atoms with van der Waals surface area (Å²) >= 11 is 1.98. The second kappa shape index (κ2) is 5.61. The summed E-state index contributed by atoms with van der Waals surface area (Å²) in [6, 6.07) is 4.51. The zero-order chi connectivity index (χ0) is 13.1. The average molecular weight is 267 g/mol. The standard InChI is InChI=1S/C13H18FN3S/c1-2-10-8-17(5-6-18-10)12-4-3-9(14)7-11(12)13(15)16/h3-4,7,10H,2,5-6,8H2,1H3,(H3,15,16). The predicted molar refractivity (Wildman–Crippen MR) is 76.2 cm³/mol. The lowest BCUT2D eigenvalue weighted by Gasteiger charge is -2.34. The average Bonchev–Trinajstić information content (AvgIpc) is 2.38. The van der Waals surface area contributed by atoms with E-state index in [2.05, 4.69) is 11.8 Å². The number of halogens is 1. The van der Waals surface area contributed by atoms with Gasteiger partial charge < -0.3 is 10.6 Å². The SMILES string of the molecule is CCC1CN(c2ccc(F)cc2C(=N)N)CCS1. The molecule has 3 N–H and O–H groups in total. The monoisotopic (exact) mass is 267 g/mol. The van der Waals surface area contributed by atoms with E-state index >= 15 is 0 Å². The largest absolute Gasteiger partial charge is 0.384 e. The molecule has 1 atom stereocenters. The Morgan fingerprint density at radius 1 is 1.61 bits per heavy atom. The molecule has 1 aliphatic heterocycles. The number of benzene rings is 1. The van der Waals surface area contributed by atoms with E-state index in [4.69, 9.17) is 11.1 Å². The van der Waals surface area contributed by atoms with Crippen LogP contribution >= 0.6 is 11.8 Å². The van der Waals surface area contributed by atoms with E-state index in [0.717, 1.165) is 31.0 Å². The molecule has 1 fully saturated rings. The number of rotatable bonds is 3. The van der Waals surface area contributed by atoms with Crippen LogP contribution in [0.4, 0.5) is 10.1 Å². The summed E-state index contributed by atoms with van der Waals surface area (Å²) in [5.41, 5.74) is 6.92. The number of nitrogens with zero attached hydrogens (tertiary/aromatic N) is 1. The summed E-state index contributed by atoms with van der Waals surface area (Å²) in [5.74, 6) is 0.644. The first kappa shape index (κ1) is 13.2. The van der Waals surface area contributed by atoms with Gasteiger partial charge in [-0.25, -0.2) is 4.39 Å². The maximum absolute atomic E-state index is 13.2. The molecule has 3 nitrogen and oxygen atoms in total. The quantitative estimate of drug-likeness (QED) is 0.653. The van der Waals surface area contributed by atoms with Crippen molar-refractivity contribution < 1.29 is 4.39 Å². The molecule has 98 valence electrons. The lowest BCUT2D eigenvalue weighted by atomic mass is 10.1. The normalized spacial score (nSPS) is 19.9. The van der Waals surface area contributed by atoms with Gasteiger partial charge in [-0.05, 0) is 24.6 Å². The molecule has 18 heavy (non-hydrogen) atoms. The fourth-order valence-corrected chi connectivity index (χ4v) is 3.37. The van der Waals surface area contributed by atoms with Gasteiger partial charge in [0.05, 0.1) is 0 Å². The highest BCUT2D eigenvalue weighted by Gasteiger charge is 2.21. The van der Waals surface area contributed by atoms with Crippen LogP contribution in [0, 0.1) is 11.2 Å². The Kier molecular flexibility index (Phi) is 4.11. The van der Waals surface area contributed by atoms with Gasteiger partial charge in [-0.15, -0.1) is 0 Å². The first-order chi connectivity index (χ1) is 8.61. The smallest absolute Gasteiger partial charge is 0.125 e. The zero-order valence-corrected chi connectivity index (χ0v) is 11.3. The van der Waals surface area contributed by atoms with E-state index in [9.17, 15) is 4.39 Å². The van der Waals surface area contributed by atoms with Crippen molar-refractivity contribution in [3.8, 4) is 0 Å². The van der Waals surface area contributed by atoms with Crippen LogP contribution in [-0.2, 0) is 0 Å². The summed E-state index contributed by atoms with van der Waals surface area (Å²) in [6.07, 6.45) is 1.12. The Hall–Kier alpha value is -1.23. The lowest BCUT2D eigenvalue weighted by Crippen LogP contribution is -2.38. The van der Waals surface area contributed by atoms with Gasteiger partial charge in [0.2, 0.25) is 0 Å². The van der Waals surface area contributed by atoms with Gasteiger partial charge >= 0.3 is 0 Å². The number of hydrogen-bond acceptors (Lipinski definition) is 3. The minimum atomic E-state index is -0.345. The van der Waals surface area contributed by atoms with Crippen molar-refractivity contribution in [2.45, 2.75) is 18.6 Å². The minimum Gasteiger partial charge on any atom is -0.384 e. The van der Waals surface area contributed by atoms with E-state index in [0.29, 0.717) is 10.8 Å². The minimum absolute atomic E-state index is 0.0734. The number of amidine groups is 1. The molecule has 1 heterocycles. The number of nitrogen functional groups attached to an aromatic ring is 1. The van der Waals surface area contributed by atoms with Crippen molar-refractivity contribution in [2.75, 3.05) is 23.7 Å². The van der Waals surface area contributed by atoms with E-state index < -0.39 is 0 Å². The van der Waals surface area contributed by atoms with Crippen molar-refractivity contribution in [1.82, 2.24) is 0 Å². The van der Waals surface area contributed by atoms with Gasteiger partial charge in [0.15, 0.2) is 0 Å². The number of nitrogens with two attached hydrogens (primary N) is 1. The Labute approximate surface area is 111 Å². The fourth-order valence-electron chi connectivity index (χ4n) is 2.18. The lowest BCUT2D eigenvalue weighted by molar-refractivity contribution is 0.626. The fraction of sp³-hybridized carbons (Fsp3) is 0.462. The van der Waals surface area contributed by atoms with Crippen LogP contribution in [0.15, 0.2) is 18.2 Å². The summed E-state index contributed by atoms with van der Waals surface area (Å²) < 4.78 is 13.2. The molecular weight excluding hydrogens is 249 g/mol. The first-order valence-electron chi connectivity index (χ1n) is 6.12. The Balaban J connectivity index is 2.29. The van der Waals surface area contributed by atoms with Crippen LogP contribution in [0.25, 0.3) is 0 Å². The van der Waals surface area contributed by atoms with Gasteiger partial charge in [0, 0.05) is 35.3 Å². The number of thioether (sulfide) groups is 1. The molecule has 0 amide bonds. The van der Waals surface area contributed by atoms with Gasteiger partial charge in [0.1, 0.15) is 11.7 Å². The van der Waals surface area contributed by atoms with Gasteiger partial charge in [-0.1, -0.05) is 6.92 Å². The molecule has 0 radical (unpaired) electrons. The molecule has 0 aliphatic carbocycles. The molecule has 0 aromatic heterocycles. The molecule has 0 bridgehead atoms. The summed E-state index contributed by atoms with van der Waals surface area (Å²) in [6.45, 7) is 4.04. The van der Waals surface area contributed by atoms with Crippen molar-refractivity contribution in [3.63, 3.8) is 0 Å². The van der Waals surface area contributed by atoms with Crippen molar-refractivity contribution >= 4 is 23.3 Å². The maximum atomic E-state index is 13.2. The van der Waals surface area contributed by atoms with Gasteiger partial charge in [-0.3, -0.25) is 5.41 Å². The van der Waals surface area contributed by atoms with E-state index in [1.807, 2.05) is 11.8 Å². The summed E-state index contributed by atoms with van der Waals surface area (Å²) in [4.78, 5) is 2.21. The van der Waals surface area contributed by atoms with E-state index in [1.54, 1.807) is 6.07 Å². The highest BCUT2D eigenvalue weighted by atomic mass is 32.2. The molecule has 1 aliphatic rings. The van der Waals surface area contributed by atoms with Crippen molar-refractivity contribution in [1.29, 1.82) is 5.41 Å². The third-order valence-electron chi connectivity index (χ3n) is 3.18. The summed E-state index contributed by atoms with van der Waals surface area (Å²) in [7, 11) is 0. The number of anilines is 1. The Morgan fingerprint density at radius 2 is 2.39 bits per heavy atom. The Bertz CT molecular complexity index is 450. The third-order valence-corrected chi connectivity index (χ3v) is 4.56. The van der Waals surface area contributed by atoms with E-state index in [1.165, 1.54) is 12.1 Å². The maximum Gasteiger partial charge on any atom is 0.125 e. The molecule has 2 rings (SSSR count). The molecule has 1 unspecified atom stereocenters. The molecule has 1 aromatic rings. The molecule has 5 heteroatoms. The predicted octanol–water partition coefficient (Wildman–Crippen LogP) is 2.44. The van der Waals surface area contributed by atoms with Crippen LogP contribution in [0.2, 0.25) is 0 Å². The first-order valence-corrected chi connectivity index (χ1v) is 7.17. The van der Waals surface area contributed by atoms with Crippen LogP contribution in [0.3, 0.4) is 0 Å². The van der Waals surface area contributed by atoms with Crippen molar-refractivity contribution in [3.05, 3.63) is 29.6 Å². The molecular formula is C13H18FN3S. The third kappa shape index (κ3) is 2.77. The highest BCUT2D eigenvalue weighted by molar-refractivity contribution is 8.00. The van der Waals surface area contributed by atoms with Gasteiger partial charge in [0.25, 0.3) is 0 Å². The number of hydrogen-bond donors (Lipinski definition) is 2. The molecule has 1 saturated heterocycles. The summed E-state index contributed by atoms with van der Waals surface area (Å²) in [5, 5.41) is 8.17.